The van der Waals surface area contributed by atoms with Crippen LogP contribution in [0.2, 0.25) is 0 Å². The number of methoxy groups -OCH3 is 1. The Morgan fingerprint density at radius 3 is 3.12 bits per heavy atom. The van der Waals surface area contributed by atoms with E-state index >= 15 is 0 Å². The largest absolute Gasteiger partial charge is 0.461 e. The Labute approximate surface area is 97.6 Å². The topological polar surface area (TPSA) is 60.2 Å². The number of aryl methyl sites for hydroxylation is 1. The fraction of sp³-hybridized carbons (Fsp3) is 0.400. The highest BCUT2D eigenvalue weighted by Gasteiger charge is 2.11. The predicted molar refractivity (Wildman–Crippen MR) is 62.7 cm³/mol. The Morgan fingerprint density at radius 1 is 1.56 bits per heavy atom. The monoisotopic (exact) mass is 239 g/mol. The van der Waals surface area contributed by atoms with E-state index in [1.54, 1.807) is 13.4 Å². The number of furan rings is 1. The summed E-state index contributed by atoms with van der Waals surface area (Å²) in [6.07, 6.45) is 1.64. The minimum absolute atomic E-state index is 0.632. The van der Waals surface area contributed by atoms with Gasteiger partial charge in [-0.1, -0.05) is 0 Å². The molecule has 1 N–H and O–H groups in total. The van der Waals surface area contributed by atoms with Gasteiger partial charge in [0.25, 0.3) is 0 Å². The SMILES string of the molecule is COCCNc1nc(-c2occc2C)ns1. The van der Waals surface area contributed by atoms with Crippen LogP contribution < -0.4 is 5.32 Å². The van der Waals surface area contributed by atoms with Gasteiger partial charge in [0.1, 0.15) is 0 Å². The molecule has 2 aromatic rings. The number of anilines is 1. The fourth-order valence-electron chi connectivity index (χ4n) is 1.25. The van der Waals surface area contributed by atoms with Crippen molar-refractivity contribution < 1.29 is 9.15 Å². The van der Waals surface area contributed by atoms with E-state index < -0.39 is 0 Å². The standard InChI is InChI=1S/C10H13N3O2S/c1-7-3-5-15-8(7)9-12-10(16-13-9)11-4-6-14-2/h3,5H,4,6H2,1-2H3,(H,11,12,13). The fourth-order valence-corrected chi connectivity index (χ4v) is 1.84. The van der Waals surface area contributed by atoms with Gasteiger partial charge >= 0.3 is 0 Å². The third-order valence-corrected chi connectivity index (χ3v) is 2.75. The predicted octanol–water partition coefficient (Wildman–Crippen LogP) is 2.16. The van der Waals surface area contributed by atoms with Gasteiger partial charge in [-0.3, -0.25) is 0 Å². The molecule has 0 aliphatic heterocycles. The molecule has 0 spiro atoms. The Bertz CT molecular complexity index is 452. The Hall–Kier alpha value is -1.40. The van der Waals surface area contributed by atoms with Crippen molar-refractivity contribution in [3.8, 4) is 11.6 Å². The lowest BCUT2D eigenvalue weighted by Gasteiger charge is -1.98. The van der Waals surface area contributed by atoms with Crippen LogP contribution in [0.25, 0.3) is 11.6 Å². The zero-order chi connectivity index (χ0) is 11.4. The van der Waals surface area contributed by atoms with Gasteiger partial charge in [0.05, 0.1) is 12.9 Å². The Kier molecular flexibility index (Phi) is 3.53. The molecule has 0 fully saturated rings. The molecule has 0 saturated carbocycles. The van der Waals surface area contributed by atoms with Gasteiger partial charge in [-0.25, -0.2) is 0 Å². The normalized spacial score (nSPS) is 10.6. The molecular weight excluding hydrogens is 226 g/mol. The van der Waals surface area contributed by atoms with Crippen molar-refractivity contribution in [1.29, 1.82) is 0 Å². The summed E-state index contributed by atoms with van der Waals surface area (Å²) in [4.78, 5) is 4.33. The highest BCUT2D eigenvalue weighted by atomic mass is 32.1. The van der Waals surface area contributed by atoms with Crippen LogP contribution in [-0.2, 0) is 4.74 Å². The van der Waals surface area contributed by atoms with E-state index in [4.69, 9.17) is 9.15 Å². The Balaban J connectivity index is 2.05. The Morgan fingerprint density at radius 2 is 2.44 bits per heavy atom. The zero-order valence-corrected chi connectivity index (χ0v) is 10.0. The molecule has 2 rings (SSSR count). The molecule has 0 aliphatic carbocycles. The summed E-state index contributed by atoms with van der Waals surface area (Å²) in [6, 6.07) is 1.90. The second-order valence-electron chi connectivity index (χ2n) is 3.28. The zero-order valence-electron chi connectivity index (χ0n) is 9.19. The van der Waals surface area contributed by atoms with Crippen LogP contribution in [0.4, 0.5) is 5.13 Å². The van der Waals surface area contributed by atoms with E-state index in [0.29, 0.717) is 12.4 Å². The van der Waals surface area contributed by atoms with E-state index in [-0.39, 0.29) is 0 Å². The summed E-state index contributed by atoms with van der Waals surface area (Å²) < 4.78 is 14.5. The van der Waals surface area contributed by atoms with Gasteiger partial charge in [0, 0.05) is 25.2 Å². The minimum Gasteiger partial charge on any atom is -0.461 e. The first kappa shape index (κ1) is 11.1. The van der Waals surface area contributed by atoms with E-state index in [1.807, 2.05) is 13.0 Å². The van der Waals surface area contributed by atoms with Crippen LogP contribution in [-0.4, -0.2) is 29.6 Å². The number of ether oxygens (including phenoxy) is 1. The maximum atomic E-state index is 5.32. The van der Waals surface area contributed by atoms with Crippen LogP contribution in [0.15, 0.2) is 16.7 Å². The summed E-state index contributed by atoms with van der Waals surface area (Å²) in [7, 11) is 1.67. The first-order chi connectivity index (χ1) is 7.81. The lowest BCUT2D eigenvalue weighted by atomic mass is 10.3. The maximum absolute atomic E-state index is 5.32. The van der Waals surface area contributed by atoms with Crippen molar-refractivity contribution in [2.24, 2.45) is 0 Å². The molecular formula is C10H13N3O2S. The number of hydrogen-bond donors (Lipinski definition) is 1. The minimum atomic E-state index is 0.632. The smallest absolute Gasteiger partial charge is 0.210 e. The molecule has 2 aromatic heterocycles. The second-order valence-corrected chi connectivity index (χ2v) is 4.03. The van der Waals surface area contributed by atoms with Gasteiger partial charge in [-0.05, 0) is 18.6 Å². The molecule has 0 atom stereocenters. The van der Waals surface area contributed by atoms with Crippen LogP contribution in [0.3, 0.4) is 0 Å². The summed E-state index contributed by atoms with van der Waals surface area (Å²) in [6.45, 7) is 3.34. The second kappa shape index (κ2) is 5.09. The molecule has 0 unspecified atom stereocenters. The van der Waals surface area contributed by atoms with Crippen molar-refractivity contribution in [2.45, 2.75) is 6.92 Å². The molecule has 0 saturated heterocycles. The van der Waals surface area contributed by atoms with Gasteiger partial charge in [0.15, 0.2) is 5.76 Å². The first-order valence-corrected chi connectivity index (χ1v) is 5.69. The van der Waals surface area contributed by atoms with Gasteiger partial charge in [-0.2, -0.15) is 9.36 Å². The van der Waals surface area contributed by atoms with Crippen molar-refractivity contribution in [3.05, 3.63) is 17.9 Å². The summed E-state index contributed by atoms with van der Waals surface area (Å²) >= 11 is 1.32. The lowest BCUT2D eigenvalue weighted by molar-refractivity contribution is 0.211. The number of nitrogens with one attached hydrogen (secondary N) is 1. The molecule has 0 aromatic carbocycles. The molecule has 0 bridgehead atoms. The molecule has 5 nitrogen and oxygen atoms in total. The number of hydrogen-bond acceptors (Lipinski definition) is 6. The highest BCUT2D eigenvalue weighted by Crippen LogP contribution is 2.24. The van der Waals surface area contributed by atoms with Crippen LogP contribution in [0.5, 0.6) is 0 Å². The average molecular weight is 239 g/mol. The summed E-state index contributed by atoms with van der Waals surface area (Å²) in [5.74, 6) is 1.36. The first-order valence-electron chi connectivity index (χ1n) is 4.92. The molecule has 0 amide bonds. The quantitative estimate of drug-likeness (QED) is 0.810. The molecule has 86 valence electrons. The molecule has 0 radical (unpaired) electrons. The summed E-state index contributed by atoms with van der Waals surface area (Å²) in [5.41, 5.74) is 1.04. The third kappa shape index (κ3) is 2.40. The molecule has 0 aliphatic rings. The summed E-state index contributed by atoms with van der Waals surface area (Å²) in [5, 5.41) is 3.91. The van der Waals surface area contributed by atoms with Gasteiger partial charge in [-0.15, -0.1) is 0 Å². The number of aromatic nitrogens is 2. The van der Waals surface area contributed by atoms with Crippen molar-refractivity contribution in [1.82, 2.24) is 9.36 Å². The van der Waals surface area contributed by atoms with E-state index in [0.717, 1.165) is 23.0 Å². The van der Waals surface area contributed by atoms with Crippen molar-refractivity contribution in [2.75, 3.05) is 25.6 Å². The molecule has 2 heterocycles. The van der Waals surface area contributed by atoms with Crippen molar-refractivity contribution in [3.63, 3.8) is 0 Å². The number of nitrogens with zero attached hydrogens (tertiary/aromatic N) is 2. The van der Waals surface area contributed by atoms with E-state index in [2.05, 4.69) is 14.7 Å². The van der Waals surface area contributed by atoms with Gasteiger partial charge < -0.3 is 14.5 Å². The van der Waals surface area contributed by atoms with Crippen LogP contribution in [0, 0.1) is 6.92 Å². The average Bonchev–Trinajstić information content (AvgIpc) is 2.87. The molecule has 16 heavy (non-hydrogen) atoms. The van der Waals surface area contributed by atoms with E-state index in [9.17, 15) is 0 Å². The van der Waals surface area contributed by atoms with Crippen LogP contribution in [0.1, 0.15) is 5.56 Å². The van der Waals surface area contributed by atoms with Gasteiger partial charge in [0.2, 0.25) is 11.0 Å². The highest BCUT2D eigenvalue weighted by molar-refractivity contribution is 7.09. The van der Waals surface area contributed by atoms with Crippen molar-refractivity contribution >= 4 is 16.7 Å². The third-order valence-electron chi connectivity index (χ3n) is 2.07. The van der Waals surface area contributed by atoms with E-state index in [1.165, 1.54) is 11.5 Å². The van der Waals surface area contributed by atoms with Crippen LogP contribution >= 0.6 is 11.5 Å². The lowest BCUT2D eigenvalue weighted by Crippen LogP contribution is -2.06. The molecule has 6 heteroatoms. The number of rotatable bonds is 5. The maximum Gasteiger partial charge on any atom is 0.210 e.